The van der Waals surface area contributed by atoms with Crippen LogP contribution in [0.25, 0.3) is 0 Å². The molecule has 0 spiro atoms. The van der Waals surface area contributed by atoms with Crippen molar-refractivity contribution >= 4 is 35.0 Å². The summed E-state index contributed by atoms with van der Waals surface area (Å²) in [5.41, 5.74) is 2.31. The number of amides is 4. The first kappa shape index (κ1) is 21.7. The summed E-state index contributed by atoms with van der Waals surface area (Å²) in [7, 11) is 0. The molecule has 2 atom stereocenters. The van der Waals surface area contributed by atoms with Gasteiger partial charge in [0.15, 0.2) is 0 Å². The highest BCUT2D eigenvalue weighted by molar-refractivity contribution is 6.08. The Hall–Kier alpha value is -3.48. The second kappa shape index (κ2) is 8.94. The molecular weight excluding hydrogens is 406 g/mol. The average Bonchev–Trinajstić information content (AvgIpc) is 3.22. The van der Waals surface area contributed by atoms with Crippen LogP contribution in [0.4, 0.5) is 11.4 Å². The van der Waals surface area contributed by atoms with Crippen molar-refractivity contribution in [3.8, 4) is 0 Å². The Bertz CT molecular complexity index is 1040. The molecule has 7 nitrogen and oxygen atoms in total. The van der Waals surface area contributed by atoms with Crippen molar-refractivity contribution in [2.24, 2.45) is 5.92 Å². The van der Waals surface area contributed by atoms with E-state index in [2.05, 4.69) is 0 Å². The smallest absolute Gasteiger partial charge is 0.247 e. The summed E-state index contributed by atoms with van der Waals surface area (Å²) in [4.78, 5) is 55.4. The molecule has 7 heteroatoms. The lowest BCUT2D eigenvalue weighted by molar-refractivity contribution is -0.145. The van der Waals surface area contributed by atoms with Gasteiger partial charge in [-0.3, -0.25) is 24.1 Å². The maximum atomic E-state index is 13.7. The Balaban J connectivity index is 1.77. The number of rotatable bonds is 4. The molecule has 1 aliphatic heterocycles. The van der Waals surface area contributed by atoms with Crippen LogP contribution in [0, 0.1) is 5.92 Å². The van der Waals surface area contributed by atoms with Crippen LogP contribution in [0.1, 0.15) is 38.7 Å². The van der Waals surface area contributed by atoms with Crippen molar-refractivity contribution in [2.45, 2.75) is 45.7 Å². The largest absolute Gasteiger partial charge is 0.306 e. The lowest BCUT2D eigenvalue weighted by atomic mass is 10.0. The minimum absolute atomic E-state index is 0.00842. The number of nitrogens with zero attached hydrogens (tertiary/aromatic N) is 3. The fraction of sp³-hybridized carbons (Fsp3) is 0.360. The number of imide groups is 1. The molecule has 0 bridgehead atoms. The van der Waals surface area contributed by atoms with Gasteiger partial charge in [0.25, 0.3) is 0 Å². The van der Waals surface area contributed by atoms with Crippen molar-refractivity contribution in [3.05, 3.63) is 60.2 Å². The molecule has 1 aliphatic carbocycles. The zero-order valence-electron chi connectivity index (χ0n) is 18.4. The predicted octanol–water partition coefficient (Wildman–Crippen LogP) is 3.13. The topological polar surface area (TPSA) is 78.0 Å². The van der Waals surface area contributed by atoms with Crippen molar-refractivity contribution in [3.63, 3.8) is 0 Å². The van der Waals surface area contributed by atoms with Gasteiger partial charge in [0, 0.05) is 19.9 Å². The summed E-state index contributed by atoms with van der Waals surface area (Å²) >= 11 is 0. The number of anilines is 2. The van der Waals surface area contributed by atoms with E-state index in [4.69, 9.17) is 0 Å². The maximum absolute atomic E-state index is 13.7. The fourth-order valence-electron chi connectivity index (χ4n) is 4.84. The lowest BCUT2D eigenvalue weighted by Gasteiger charge is -2.32. The highest BCUT2D eigenvalue weighted by Gasteiger charge is 2.45. The van der Waals surface area contributed by atoms with E-state index in [-0.39, 0.29) is 30.3 Å². The van der Waals surface area contributed by atoms with Gasteiger partial charge >= 0.3 is 0 Å². The van der Waals surface area contributed by atoms with E-state index in [9.17, 15) is 19.2 Å². The van der Waals surface area contributed by atoms with Crippen LogP contribution in [-0.4, -0.2) is 41.1 Å². The molecule has 0 unspecified atom stereocenters. The highest BCUT2D eigenvalue weighted by Crippen LogP contribution is 2.43. The third-order valence-corrected chi connectivity index (χ3v) is 6.33. The zero-order valence-corrected chi connectivity index (χ0v) is 18.4. The zero-order chi connectivity index (χ0) is 22.8. The Morgan fingerprint density at radius 3 is 2.19 bits per heavy atom. The molecule has 1 heterocycles. The first-order valence-corrected chi connectivity index (χ1v) is 10.9. The standard InChI is InChI=1S/C25H27N3O4/c1-17(29)26(18(2)30)16-24(31)28-21-14-8-11-20(21)25(32)27(15-19-9-4-3-5-10-19)22-12-6-7-13-23(22)28/h3-7,9-10,12-13,20-21H,8,11,14-16H2,1-2H3/t20-,21+/m0/s1. The van der Waals surface area contributed by atoms with Crippen molar-refractivity contribution in [1.29, 1.82) is 0 Å². The van der Waals surface area contributed by atoms with Gasteiger partial charge in [-0.2, -0.15) is 0 Å². The molecule has 4 amide bonds. The van der Waals surface area contributed by atoms with Gasteiger partial charge in [0.05, 0.1) is 23.8 Å². The summed E-state index contributed by atoms with van der Waals surface area (Å²) in [5.74, 6) is -1.61. The van der Waals surface area contributed by atoms with E-state index in [1.807, 2.05) is 54.6 Å². The predicted molar refractivity (Wildman–Crippen MR) is 121 cm³/mol. The third kappa shape index (κ3) is 4.02. The van der Waals surface area contributed by atoms with E-state index in [0.717, 1.165) is 16.9 Å². The van der Waals surface area contributed by atoms with Crippen molar-refractivity contribution in [2.75, 3.05) is 16.3 Å². The molecule has 0 saturated heterocycles. The SMILES string of the molecule is CC(=O)N(CC(=O)N1c2ccccc2N(Cc2ccccc2)C(=O)[C@H]2CCC[C@H]21)C(C)=O. The minimum Gasteiger partial charge on any atom is -0.306 e. The number of benzene rings is 2. The Morgan fingerprint density at radius 1 is 0.906 bits per heavy atom. The van der Waals surface area contributed by atoms with Gasteiger partial charge in [-0.05, 0) is 30.5 Å². The summed E-state index contributed by atoms with van der Waals surface area (Å²) in [5, 5.41) is 0. The fourth-order valence-corrected chi connectivity index (χ4v) is 4.84. The van der Waals surface area contributed by atoms with Gasteiger partial charge in [-0.15, -0.1) is 0 Å². The average molecular weight is 434 g/mol. The van der Waals surface area contributed by atoms with E-state index < -0.39 is 11.8 Å². The molecule has 166 valence electrons. The van der Waals surface area contributed by atoms with Gasteiger partial charge in [-0.25, -0.2) is 0 Å². The summed E-state index contributed by atoms with van der Waals surface area (Å²) < 4.78 is 0. The number of para-hydroxylation sites is 2. The van der Waals surface area contributed by atoms with Crippen molar-refractivity contribution in [1.82, 2.24) is 4.90 Å². The molecule has 0 aromatic heterocycles. The molecule has 1 saturated carbocycles. The highest BCUT2D eigenvalue weighted by atomic mass is 16.2. The number of fused-ring (bicyclic) bond motifs is 2. The third-order valence-electron chi connectivity index (χ3n) is 6.33. The first-order valence-electron chi connectivity index (χ1n) is 10.9. The lowest BCUT2D eigenvalue weighted by Crippen LogP contribution is -2.50. The molecule has 0 radical (unpaired) electrons. The Kier molecular flexibility index (Phi) is 6.08. The Morgan fingerprint density at radius 2 is 1.53 bits per heavy atom. The number of carbonyl (C=O) groups is 4. The number of carbonyl (C=O) groups excluding carboxylic acids is 4. The molecule has 1 fully saturated rings. The van der Waals surface area contributed by atoms with Gasteiger partial charge in [0.1, 0.15) is 6.54 Å². The molecule has 32 heavy (non-hydrogen) atoms. The molecule has 2 aliphatic rings. The van der Waals surface area contributed by atoms with Crippen LogP contribution in [0.3, 0.4) is 0 Å². The normalized spacial score (nSPS) is 19.8. The monoisotopic (exact) mass is 433 g/mol. The van der Waals surface area contributed by atoms with Gasteiger partial charge < -0.3 is 9.80 Å². The second-order valence-corrected chi connectivity index (χ2v) is 8.39. The number of hydrogen-bond acceptors (Lipinski definition) is 4. The molecule has 0 N–H and O–H groups in total. The van der Waals surface area contributed by atoms with Crippen molar-refractivity contribution < 1.29 is 19.2 Å². The maximum Gasteiger partial charge on any atom is 0.247 e. The van der Waals surface area contributed by atoms with Crippen LogP contribution >= 0.6 is 0 Å². The van der Waals surface area contributed by atoms with Crippen LogP contribution in [0.5, 0.6) is 0 Å². The van der Waals surface area contributed by atoms with Crippen LogP contribution in [0.15, 0.2) is 54.6 Å². The van der Waals surface area contributed by atoms with Crippen LogP contribution < -0.4 is 9.80 Å². The summed E-state index contributed by atoms with van der Waals surface area (Å²) in [6, 6.07) is 16.9. The van der Waals surface area contributed by atoms with E-state index in [1.165, 1.54) is 13.8 Å². The Labute approximate surface area is 187 Å². The van der Waals surface area contributed by atoms with Gasteiger partial charge in [0.2, 0.25) is 23.6 Å². The molecule has 4 rings (SSSR count). The van der Waals surface area contributed by atoms with Crippen LogP contribution in [0.2, 0.25) is 0 Å². The first-order chi connectivity index (χ1) is 15.4. The van der Waals surface area contributed by atoms with E-state index in [0.29, 0.717) is 30.8 Å². The summed E-state index contributed by atoms with van der Waals surface area (Å²) in [6.45, 7) is 2.62. The molecular formula is C25H27N3O4. The second-order valence-electron chi connectivity index (χ2n) is 8.39. The minimum atomic E-state index is -0.473. The molecule has 2 aromatic rings. The van der Waals surface area contributed by atoms with Gasteiger partial charge in [-0.1, -0.05) is 48.9 Å². The quantitative estimate of drug-likeness (QED) is 0.742. The summed E-state index contributed by atoms with van der Waals surface area (Å²) in [6.07, 6.45) is 2.25. The van der Waals surface area contributed by atoms with E-state index in [1.54, 1.807) is 9.80 Å². The van der Waals surface area contributed by atoms with Crippen LogP contribution in [-0.2, 0) is 25.7 Å². The molecule has 2 aromatic carbocycles. The van der Waals surface area contributed by atoms with E-state index >= 15 is 0 Å². The number of hydrogen-bond donors (Lipinski definition) is 0.